The number of anilines is 1. The first-order chi connectivity index (χ1) is 17.6. The van der Waals surface area contributed by atoms with Crippen molar-refractivity contribution in [3.8, 4) is 23.0 Å². The molecule has 4 aromatic rings. The quantitative estimate of drug-likeness (QED) is 0.404. The highest BCUT2D eigenvalue weighted by molar-refractivity contribution is 6.06. The minimum absolute atomic E-state index is 0.0423. The number of hydrogen-bond donors (Lipinski definition) is 1. The van der Waals surface area contributed by atoms with Crippen LogP contribution < -0.4 is 25.1 Å². The Hall–Kier alpha value is -4.33. The number of benzene rings is 3. The molecule has 0 aliphatic carbocycles. The van der Waals surface area contributed by atoms with E-state index in [4.69, 9.17) is 19.2 Å². The Morgan fingerprint density at radius 3 is 2.47 bits per heavy atom. The van der Waals surface area contributed by atoms with Crippen molar-refractivity contribution >= 4 is 22.5 Å². The average Bonchev–Trinajstić information content (AvgIpc) is 3.15. The molecule has 0 bridgehead atoms. The molecule has 0 atom stereocenters. The molecule has 36 heavy (non-hydrogen) atoms. The predicted molar refractivity (Wildman–Crippen MR) is 138 cm³/mol. The van der Waals surface area contributed by atoms with Gasteiger partial charge in [-0.15, -0.1) is 0 Å². The van der Waals surface area contributed by atoms with Crippen molar-refractivity contribution in [2.24, 2.45) is 0 Å². The Balaban J connectivity index is 1.40. The van der Waals surface area contributed by atoms with Gasteiger partial charge in [-0.2, -0.15) is 0 Å². The minimum Gasteiger partial charge on any atom is -0.497 e. The van der Waals surface area contributed by atoms with Gasteiger partial charge in [-0.25, -0.2) is 4.98 Å². The van der Waals surface area contributed by atoms with Crippen LogP contribution in [0, 0.1) is 0 Å². The van der Waals surface area contributed by atoms with Crippen LogP contribution in [0.5, 0.6) is 23.0 Å². The van der Waals surface area contributed by atoms with Gasteiger partial charge >= 0.3 is 0 Å². The molecule has 0 radical (unpaired) electrons. The number of nitrogens with zero attached hydrogens (tertiary/aromatic N) is 2. The van der Waals surface area contributed by atoms with Gasteiger partial charge in [0, 0.05) is 30.3 Å². The molecular formula is C28H27N3O5. The third-order valence-corrected chi connectivity index (χ3v) is 6.29. The molecule has 5 rings (SSSR count). The average molecular weight is 486 g/mol. The van der Waals surface area contributed by atoms with E-state index >= 15 is 0 Å². The zero-order chi connectivity index (χ0) is 25.1. The van der Waals surface area contributed by atoms with Crippen LogP contribution in [0.4, 0.5) is 5.69 Å². The fourth-order valence-corrected chi connectivity index (χ4v) is 4.37. The lowest BCUT2D eigenvalue weighted by Crippen LogP contribution is -2.24. The number of methoxy groups -OCH3 is 2. The van der Waals surface area contributed by atoms with Crippen molar-refractivity contribution in [2.45, 2.75) is 32.2 Å². The summed E-state index contributed by atoms with van der Waals surface area (Å²) in [5.74, 6) is 2.78. The van der Waals surface area contributed by atoms with Crippen molar-refractivity contribution in [1.29, 1.82) is 0 Å². The number of carbonyl (C=O) groups is 1. The monoisotopic (exact) mass is 485 g/mol. The molecule has 1 aliphatic heterocycles. The second-order valence-electron chi connectivity index (χ2n) is 8.62. The highest BCUT2D eigenvalue weighted by Crippen LogP contribution is 2.34. The fourth-order valence-electron chi connectivity index (χ4n) is 4.37. The van der Waals surface area contributed by atoms with E-state index < -0.39 is 0 Å². The molecule has 2 heterocycles. The lowest BCUT2D eigenvalue weighted by Gasteiger charge is -2.13. The molecule has 0 unspecified atom stereocenters. The summed E-state index contributed by atoms with van der Waals surface area (Å²) in [6, 6.07) is 17.4. The van der Waals surface area contributed by atoms with Crippen LogP contribution in [-0.2, 0) is 13.0 Å². The van der Waals surface area contributed by atoms with Gasteiger partial charge < -0.3 is 19.5 Å². The lowest BCUT2D eigenvalue weighted by molar-refractivity contribution is 0.102. The Morgan fingerprint density at radius 1 is 0.889 bits per heavy atom. The van der Waals surface area contributed by atoms with E-state index in [1.165, 1.54) is 0 Å². The number of amides is 1. The molecule has 0 fully saturated rings. The predicted octanol–water partition coefficient (Wildman–Crippen LogP) is 5.18. The number of ether oxygens (including phenoxy) is 3. The van der Waals surface area contributed by atoms with E-state index in [9.17, 15) is 9.59 Å². The van der Waals surface area contributed by atoms with E-state index in [-0.39, 0.29) is 11.5 Å². The zero-order valence-electron chi connectivity index (χ0n) is 20.2. The fraction of sp³-hybridized carbons (Fsp3) is 0.250. The van der Waals surface area contributed by atoms with Crippen LogP contribution in [0.15, 0.2) is 65.5 Å². The summed E-state index contributed by atoms with van der Waals surface area (Å²) in [5, 5.41) is 3.42. The number of fused-ring (bicyclic) bond motifs is 2. The highest BCUT2D eigenvalue weighted by Gasteiger charge is 2.16. The SMILES string of the molecule is COc1ccc(Oc2cc(NC(=O)c3ccc4c(=O)n5c(nc4c3)CCCCC5)ccc2OC)cc1. The van der Waals surface area contributed by atoms with Crippen LogP contribution in [0.2, 0.25) is 0 Å². The van der Waals surface area contributed by atoms with Crippen LogP contribution in [-0.4, -0.2) is 29.7 Å². The summed E-state index contributed by atoms with van der Waals surface area (Å²) in [6.45, 7) is 0.692. The topological polar surface area (TPSA) is 91.7 Å². The molecule has 3 aromatic carbocycles. The van der Waals surface area contributed by atoms with Crippen molar-refractivity contribution in [3.63, 3.8) is 0 Å². The van der Waals surface area contributed by atoms with Gasteiger partial charge in [0.05, 0.1) is 25.1 Å². The molecule has 8 nitrogen and oxygen atoms in total. The summed E-state index contributed by atoms with van der Waals surface area (Å²) in [4.78, 5) is 30.8. The second kappa shape index (κ2) is 10.1. The smallest absolute Gasteiger partial charge is 0.261 e. The number of hydrogen-bond acceptors (Lipinski definition) is 6. The largest absolute Gasteiger partial charge is 0.497 e. The number of carbonyl (C=O) groups excluding carboxylic acids is 1. The maximum absolute atomic E-state index is 13.1. The van der Waals surface area contributed by atoms with Gasteiger partial charge in [0.15, 0.2) is 11.5 Å². The maximum atomic E-state index is 13.1. The summed E-state index contributed by atoms with van der Waals surface area (Å²) in [7, 11) is 3.16. The Bertz CT molecular complexity index is 1480. The molecule has 0 saturated heterocycles. The van der Waals surface area contributed by atoms with E-state index in [0.29, 0.717) is 45.9 Å². The summed E-state index contributed by atoms with van der Waals surface area (Å²) in [6.07, 6.45) is 3.84. The molecule has 1 aliphatic rings. The Morgan fingerprint density at radius 2 is 1.69 bits per heavy atom. The third kappa shape index (κ3) is 4.75. The van der Waals surface area contributed by atoms with Crippen LogP contribution in [0.1, 0.15) is 35.4 Å². The van der Waals surface area contributed by atoms with Crippen molar-refractivity contribution in [2.75, 3.05) is 19.5 Å². The summed E-state index contributed by atoms with van der Waals surface area (Å²) in [5.41, 5.74) is 1.46. The van der Waals surface area contributed by atoms with Crippen LogP contribution >= 0.6 is 0 Å². The highest BCUT2D eigenvalue weighted by atomic mass is 16.5. The van der Waals surface area contributed by atoms with E-state index in [2.05, 4.69) is 5.32 Å². The van der Waals surface area contributed by atoms with Gasteiger partial charge in [0.2, 0.25) is 0 Å². The summed E-state index contributed by atoms with van der Waals surface area (Å²) >= 11 is 0. The molecule has 0 spiro atoms. The first-order valence-corrected chi connectivity index (χ1v) is 11.9. The van der Waals surface area contributed by atoms with Crippen molar-refractivity contribution in [1.82, 2.24) is 9.55 Å². The molecule has 0 saturated carbocycles. The number of aromatic nitrogens is 2. The van der Waals surface area contributed by atoms with Gasteiger partial charge in [0.1, 0.15) is 17.3 Å². The molecule has 184 valence electrons. The Labute approximate surface area is 208 Å². The summed E-state index contributed by atoms with van der Waals surface area (Å²) < 4.78 is 18.4. The second-order valence-corrected chi connectivity index (χ2v) is 8.62. The lowest BCUT2D eigenvalue weighted by atomic mass is 10.1. The maximum Gasteiger partial charge on any atom is 0.261 e. The molecule has 1 N–H and O–H groups in total. The van der Waals surface area contributed by atoms with Crippen LogP contribution in [0.25, 0.3) is 10.9 Å². The standard InChI is InChI=1S/C28H27N3O5/c1-34-20-9-11-21(12-10-20)36-25-17-19(8-14-24(25)35-2)29-27(32)18-7-13-22-23(16-18)30-26-6-4-3-5-15-31(26)28(22)33/h7-14,16-17H,3-6,15H2,1-2H3,(H,29,32). The third-order valence-electron chi connectivity index (χ3n) is 6.29. The van der Waals surface area contributed by atoms with E-state index in [1.54, 1.807) is 79.5 Å². The van der Waals surface area contributed by atoms with E-state index in [0.717, 1.165) is 37.3 Å². The normalized spacial score (nSPS) is 12.9. The van der Waals surface area contributed by atoms with Crippen molar-refractivity contribution < 1.29 is 19.0 Å². The Kier molecular flexibility index (Phi) is 6.58. The first-order valence-electron chi connectivity index (χ1n) is 11.9. The molecule has 8 heteroatoms. The minimum atomic E-state index is -0.311. The molecular weight excluding hydrogens is 458 g/mol. The van der Waals surface area contributed by atoms with Gasteiger partial charge in [-0.1, -0.05) is 6.42 Å². The van der Waals surface area contributed by atoms with Gasteiger partial charge in [0.25, 0.3) is 11.5 Å². The molecule has 1 amide bonds. The number of aryl methyl sites for hydroxylation is 1. The number of rotatable bonds is 6. The number of nitrogens with one attached hydrogen (secondary N) is 1. The van der Waals surface area contributed by atoms with Crippen LogP contribution in [0.3, 0.4) is 0 Å². The van der Waals surface area contributed by atoms with Gasteiger partial charge in [-0.05, 0) is 67.4 Å². The first kappa shape index (κ1) is 23.4. The zero-order valence-corrected chi connectivity index (χ0v) is 20.2. The van der Waals surface area contributed by atoms with Crippen molar-refractivity contribution in [3.05, 3.63) is 82.4 Å². The van der Waals surface area contributed by atoms with Gasteiger partial charge in [-0.3, -0.25) is 14.2 Å². The molecule has 1 aromatic heterocycles. The van der Waals surface area contributed by atoms with E-state index in [1.807, 2.05) is 0 Å².